The third kappa shape index (κ3) is 6.49. The van der Waals surface area contributed by atoms with Crippen molar-refractivity contribution in [2.75, 3.05) is 47.3 Å². The van der Waals surface area contributed by atoms with Gasteiger partial charge in [-0.1, -0.05) is 6.07 Å². The fraction of sp³-hybridized carbons (Fsp3) is 0.304. The van der Waals surface area contributed by atoms with Crippen LogP contribution in [0.3, 0.4) is 0 Å². The average molecular weight is 493 g/mol. The van der Waals surface area contributed by atoms with Gasteiger partial charge < -0.3 is 24.3 Å². The molecule has 2 aromatic carbocycles. The molecule has 34 heavy (non-hydrogen) atoms. The third-order valence-corrected chi connectivity index (χ3v) is 6.67. The molecule has 0 fully saturated rings. The van der Waals surface area contributed by atoms with Gasteiger partial charge >= 0.3 is 5.97 Å². The Balaban J connectivity index is 2.04. The van der Waals surface area contributed by atoms with Crippen molar-refractivity contribution in [2.24, 2.45) is 0 Å². The lowest BCUT2D eigenvalue weighted by Gasteiger charge is -2.15. The van der Waals surface area contributed by atoms with Crippen LogP contribution in [0.2, 0.25) is 0 Å². The van der Waals surface area contributed by atoms with E-state index in [-0.39, 0.29) is 10.6 Å². The number of benzene rings is 2. The molecule has 0 saturated carbocycles. The summed E-state index contributed by atoms with van der Waals surface area (Å²) in [5.41, 5.74) is 1.34. The lowest BCUT2D eigenvalue weighted by Crippen LogP contribution is -2.24. The third-order valence-electron chi connectivity index (χ3n) is 4.71. The smallest absolute Gasteiger partial charge is 0.331 e. The Morgan fingerprint density at radius 1 is 0.971 bits per heavy atom. The number of anilines is 1. The minimum Gasteiger partial charge on any atom is -0.496 e. The van der Waals surface area contributed by atoms with Crippen molar-refractivity contribution >= 4 is 33.7 Å². The average Bonchev–Trinajstić information content (AvgIpc) is 2.81. The van der Waals surface area contributed by atoms with Gasteiger partial charge in [-0.05, 0) is 36.8 Å². The second-order valence-electron chi connectivity index (χ2n) is 7.21. The molecule has 0 aliphatic heterocycles. The molecule has 11 heteroatoms. The fourth-order valence-corrected chi connectivity index (χ4v) is 4.02. The second-order valence-corrected chi connectivity index (χ2v) is 9.33. The van der Waals surface area contributed by atoms with E-state index in [2.05, 4.69) is 5.32 Å². The van der Waals surface area contributed by atoms with Gasteiger partial charge in [0.25, 0.3) is 5.91 Å². The van der Waals surface area contributed by atoms with Crippen LogP contribution < -0.4 is 19.5 Å². The van der Waals surface area contributed by atoms with Crippen LogP contribution in [-0.4, -0.2) is 66.6 Å². The lowest BCUT2D eigenvalue weighted by atomic mass is 10.1. The van der Waals surface area contributed by atoms with E-state index in [0.717, 1.165) is 10.4 Å². The normalized spacial score (nSPS) is 11.4. The van der Waals surface area contributed by atoms with Gasteiger partial charge in [0.1, 0.15) is 5.75 Å². The van der Waals surface area contributed by atoms with Gasteiger partial charge in [0, 0.05) is 37.5 Å². The predicted molar refractivity (Wildman–Crippen MR) is 127 cm³/mol. The highest BCUT2D eigenvalue weighted by Crippen LogP contribution is 2.35. The molecule has 10 nitrogen and oxygen atoms in total. The van der Waals surface area contributed by atoms with Crippen molar-refractivity contribution in [3.05, 3.63) is 47.5 Å². The number of nitrogens with zero attached hydrogens (tertiary/aromatic N) is 1. The lowest BCUT2D eigenvalue weighted by molar-refractivity contribution is -0.142. The highest BCUT2D eigenvalue weighted by molar-refractivity contribution is 7.89. The molecule has 0 atom stereocenters. The number of carbonyl (C=O) groups is 2. The zero-order chi connectivity index (χ0) is 25.5. The maximum Gasteiger partial charge on any atom is 0.331 e. The minimum atomic E-state index is -3.68. The number of sulfonamides is 1. The monoisotopic (exact) mass is 492 g/mol. The molecule has 2 aromatic rings. The van der Waals surface area contributed by atoms with Gasteiger partial charge in [-0.25, -0.2) is 17.5 Å². The molecule has 184 valence electrons. The first-order valence-corrected chi connectivity index (χ1v) is 11.4. The van der Waals surface area contributed by atoms with Crippen molar-refractivity contribution < 1.29 is 37.0 Å². The fourth-order valence-electron chi connectivity index (χ4n) is 2.88. The molecular weight excluding hydrogens is 464 g/mol. The molecule has 0 unspecified atom stereocenters. The van der Waals surface area contributed by atoms with Crippen molar-refractivity contribution in [2.45, 2.75) is 11.8 Å². The van der Waals surface area contributed by atoms with E-state index in [1.54, 1.807) is 31.2 Å². The predicted octanol–water partition coefficient (Wildman–Crippen LogP) is 2.47. The zero-order valence-electron chi connectivity index (χ0n) is 19.9. The summed E-state index contributed by atoms with van der Waals surface area (Å²) in [4.78, 5) is 24.4. The summed E-state index contributed by atoms with van der Waals surface area (Å²) in [5.74, 6) is -0.0191. The van der Waals surface area contributed by atoms with Crippen LogP contribution >= 0.6 is 0 Å². The van der Waals surface area contributed by atoms with Crippen molar-refractivity contribution in [3.63, 3.8) is 0 Å². The van der Waals surface area contributed by atoms with E-state index in [1.165, 1.54) is 47.6 Å². The van der Waals surface area contributed by atoms with E-state index in [9.17, 15) is 18.0 Å². The van der Waals surface area contributed by atoms with E-state index in [4.69, 9.17) is 18.9 Å². The summed E-state index contributed by atoms with van der Waals surface area (Å²) in [5, 5.41) is 2.52. The SMILES string of the molecule is COc1cc(OC)c(OC)cc1/C=C/C(=O)OCC(=O)Nc1ccc(C)c(S(=O)(=O)N(C)C)c1. The van der Waals surface area contributed by atoms with Gasteiger partial charge in [-0.15, -0.1) is 0 Å². The van der Waals surface area contributed by atoms with Gasteiger partial charge in [0.15, 0.2) is 18.1 Å². The summed E-state index contributed by atoms with van der Waals surface area (Å²) in [6, 6.07) is 7.74. The Hall–Kier alpha value is -3.57. The summed E-state index contributed by atoms with van der Waals surface area (Å²) in [7, 11) is 3.61. The molecule has 2 rings (SSSR count). The van der Waals surface area contributed by atoms with Gasteiger partial charge in [0.05, 0.1) is 26.2 Å². The molecular formula is C23H28N2O8S. The maximum absolute atomic E-state index is 12.4. The number of amides is 1. The van der Waals surface area contributed by atoms with Gasteiger partial charge in [0.2, 0.25) is 10.0 Å². The molecule has 0 spiro atoms. The Morgan fingerprint density at radius 2 is 1.59 bits per heavy atom. The van der Waals surface area contributed by atoms with Gasteiger partial charge in [-0.2, -0.15) is 0 Å². The molecule has 0 aliphatic carbocycles. The summed E-state index contributed by atoms with van der Waals surface area (Å²) < 4.78 is 46.7. The zero-order valence-corrected chi connectivity index (χ0v) is 20.7. The molecule has 1 amide bonds. The van der Waals surface area contributed by atoms with Crippen molar-refractivity contribution in [1.82, 2.24) is 4.31 Å². The summed E-state index contributed by atoms with van der Waals surface area (Å²) in [6.07, 6.45) is 2.60. The van der Waals surface area contributed by atoms with E-state index < -0.39 is 28.5 Å². The molecule has 1 N–H and O–H groups in total. The van der Waals surface area contributed by atoms with Crippen LogP contribution in [0.1, 0.15) is 11.1 Å². The topological polar surface area (TPSA) is 120 Å². The Morgan fingerprint density at radius 3 is 2.18 bits per heavy atom. The van der Waals surface area contributed by atoms with Crippen LogP contribution in [0.15, 0.2) is 41.3 Å². The van der Waals surface area contributed by atoms with Crippen LogP contribution in [0.5, 0.6) is 17.2 Å². The quantitative estimate of drug-likeness (QED) is 0.397. The highest BCUT2D eigenvalue weighted by Gasteiger charge is 2.20. The number of rotatable bonds is 10. The first-order chi connectivity index (χ1) is 16.0. The second kappa shape index (κ2) is 11.5. The van der Waals surface area contributed by atoms with Gasteiger partial charge in [-0.3, -0.25) is 4.79 Å². The molecule has 0 saturated heterocycles. The number of carbonyl (C=O) groups excluding carboxylic acids is 2. The van der Waals surface area contributed by atoms with Crippen molar-refractivity contribution in [3.8, 4) is 17.2 Å². The number of hydrogen-bond acceptors (Lipinski definition) is 8. The summed E-state index contributed by atoms with van der Waals surface area (Å²) in [6.45, 7) is 1.10. The standard InChI is InChI=1S/C23H28N2O8S/c1-15-7-9-17(12-21(15)34(28,29)25(2)3)24-22(26)14-33-23(27)10-8-16-11-19(31-5)20(32-6)13-18(16)30-4/h7-13H,14H2,1-6H3,(H,24,26)/b10-8+. The molecule has 0 bridgehead atoms. The number of hydrogen-bond donors (Lipinski definition) is 1. The molecule has 0 heterocycles. The first-order valence-electron chi connectivity index (χ1n) is 10.0. The van der Waals surface area contributed by atoms with Crippen LogP contribution in [-0.2, 0) is 24.3 Å². The molecule has 0 radical (unpaired) electrons. The number of nitrogens with one attached hydrogen (secondary N) is 1. The van der Waals surface area contributed by atoms with E-state index in [1.807, 2.05) is 0 Å². The van der Waals surface area contributed by atoms with Crippen LogP contribution in [0.4, 0.5) is 5.69 Å². The Labute approximate surface area is 199 Å². The number of methoxy groups -OCH3 is 3. The number of aryl methyl sites for hydroxylation is 1. The Bertz CT molecular complexity index is 1190. The number of ether oxygens (including phenoxy) is 4. The number of esters is 1. The maximum atomic E-state index is 12.4. The highest BCUT2D eigenvalue weighted by atomic mass is 32.2. The Kier molecular flexibility index (Phi) is 9.04. The molecule has 0 aromatic heterocycles. The van der Waals surface area contributed by atoms with E-state index >= 15 is 0 Å². The minimum absolute atomic E-state index is 0.0686. The van der Waals surface area contributed by atoms with Crippen molar-refractivity contribution in [1.29, 1.82) is 0 Å². The van der Waals surface area contributed by atoms with E-state index in [0.29, 0.717) is 28.4 Å². The van der Waals surface area contributed by atoms with Crippen LogP contribution in [0, 0.1) is 6.92 Å². The summed E-state index contributed by atoms with van der Waals surface area (Å²) >= 11 is 0. The molecule has 0 aliphatic rings. The van der Waals surface area contributed by atoms with Crippen LogP contribution in [0.25, 0.3) is 6.08 Å². The first kappa shape index (κ1) is 26.7. The largest absolute Gasteiger partial charge is 0.496 e.